The van der Waals surface area contributed by atoms with Crippen LogP contribution < -0.4 is 0 Å². The van der Waals surface area contributed by atoms with Gasteiger partial charge in [0.15, 0.2) is 5.79 Å². The lowest BCUT2D eigenvalue weighted by atomic mass is 10.00. The van der Waals surface area contributed by atoms with Gasteiger partial charge in [-0.25, -0.2) is 0 Å². The highest BCUT2D eigenvalue weighted by Gasteiger charge is 2.39. The first-order valence-corrected chi connectivity index (χ1v) is 4.63. The predicted molar refractivity (Wildman–Crippen MR) is 42.3 cm³/mol. The van der Waals surface area contributed by atoms with Gasteiger partial charge in [-0.3, -0.25) is 0 Å². The van der Waals surface area contributed by atoms with E-state index in [0.717, 1.165) is 19.4 Å². The van der Waals surface area contributed by atoms with Crippen LogP contribution >= 0.6 is 0 Å². The van der Waals surface area contributed by atoms with E-state index in [0.29, 0.717) is 6.10 Å². The molecule has 0 aromatic rings. The SMILES string of the molecule is C[C@H]1CCCC2(CCCO2)O1. The van der Waals surface area contributed by atoms with E-state index < -0.39 is 0 Å². The van der Waals surface area contributed by atoms with Gasteiger partial charge >= 0.3 is 0 Å². The summed E-state index contributed by atoms with van der Waals surface area (Å²) in [5.74, 6) is -0.155. The van der Waals surface area contributed by atoms with Crippen LogP contribution in [0.3, 0.4) is 0 Å². The summed E-state index contributed by atoms with van der Waals surface area (Å²) < 4.78 is 11.4. The molecule has 0 aromatic carbocycles. The average molecular weight is 156 g/mol. The Kier molecular flexibility index (Phi) is 1.90. The number of ether oxygens (including phenoxy) is 2. The van der Waals surface area contributed by atoms with Crippen LogP contribution in [0.5, 0.6) is 0 Å². The Hall–Kier alpha value is -0.0800. The van der Waals surface area contributed by atoms with Gasteiger partial charge in [0.05, 0.1) is 12.7 Å². The van der Waals surface area contributed by atoms with Crippen molar-refractivity contribution >= 4 is 0 Å². The topological polar surface area (TPSA) is 18.5 Å². The zero-order valence-electron chi connectivity index (χ0n) is 7.14. The lowest BCUT2D eigenvalue weighted by molar-refractivity contribution is -0.253. The summed E-state index contributed by atoms with van der Waals surface area (Å²) in [7, 11) is 0. The van der Waals surface area contributed by atoms with Crippen molar-refractivity contribution < 1.29 is 9.47 Å². The van der Waals surface area contributed by atoms with Crippen LogP contribution in [0.4, 0.5) is 0 Å². The van der Waals surface area contributed by atoms with E-state index in [1.165, 1.54) is 19.3 Å². The summed E-state index contributed by atoms with van der Waals surface area (Å²) in [6, 6.07) is 0. The summed E-state index contributed by atoms with van der Waals surface area (Å²) in [4.78, 5) is 0. The van der Waals surface area contributed by atoms with Crippen LogP contribution in [-0.2, 0) is 9.47 Å². The summed E-state index contributed by atoms with van der Waals surface area (Å²) >= 11 is 0. The normalized spacial score (nSPS) is 45.0. The fraction of sp³-hybridized carbons (Fsp3) is 1.00. The molecule has 2 aliphatic heterocycles. The minimum Gasteiger partial charge on any atom is -0.350 e. The molecule has 2 rings (SSSR count). The lowest BCUT2D eigenvalue weighted by Gasteiger charge is -2.36. The van der Waals surface area contributed by atoms with E-state index in [2.05, 4.69) is 6.92 Å². The van der Waals surface area contributed by atoms with Crippen molar-refractivity contribution in [2.24, 2.45) is 0 Å². The van der Waals surface area contributed by atoms with Gasteiger partial charge in [0, 0.05) is 12.8 Å². The van der Waals surface area contributed by atoms with Crippen molar-refractivity contribution in [3.63, 3.8) is 0 Å². The molecule has 11 heavy (non-hydrogen) atoms. The Labute approximate surface area is 67.9 Å². The van der Waals surface area contributed by atoms with Crippen molar-refractivity contribution in [1.29, 1.82) is 0 Å². The van der Waals surface area contributed by atoms with Gasteiger partial charge in [0.1, 0.15) is 0 Å². The van der Waals surface area contributed by atoms with Gasteiger partial charge < -0.3 is 9.47 Å². The van der Waals surface area contributed by atoms with Crippen LogP contribution in [0.1, 0.15) is 39.0 Å². The Bertz CT molecular complexity index is 138. The van der Waals surface area contributed by atoms with E-state index in [9.17, 15) is 0 Å². The van der Waals surface area contributed by atoms with Crippen molar-refractivity contribution in [2.75, 3.05) is 6.61 Å². The molecular formula is C9H16O2. The summed E-state index contributed by atoms with van der Waals surface area (Å²) in [6.45, 7) is 3.04. The molecule has 1 unspecified atom stereocenters. The monoisotopic (exact) mass is 156 g/mol. The molecule has 2 atom stereocenters. The third-order valence-corrected chi connectivity index (χ3v) is 2.65. The molecule has 2 aliphatic rings. The first-order chi connectivity index (χ1) is 5.31. The molecule has 2 nitrogen and oxygen atoms in total. The highest BCUT2D eigenvalue weighted by molar-refractivity contribution is 4.80. The van der Waals surface area contributed by atoms with E-state index in [1.54, 1.807) is 0 Å². The van der Waals surface area contributed by atoms with Crippen LogP contribution in [-0.4, -0.2) is 18.5 Å². The fourth-order valence-corrected chi connectivity index (χ4v) is 2.11. The van der Waals surface area contributed by atoms with E-state index in [4.69, 9.17) is 9.47 Å². The summed E-state index contributed by atoms with van der Waals surface area (Å²) in [6.07, 6.45) is 6.26. The van der Waals surface area contributed by atoms with Gasteiger partial charge in [-0.1, -0.05) is 0 Å². The van der Waals surface area contributed by atoms with Gasteiger partial charge in [-0.15, -0.1) is 0 Å². The van der Waals surface area contributed by atoms with Gasteiger partial charge in [-0.2, -0.15) is 0 Å². The maximum Gasteiger partial charge on any atom is 0.168 e. The molecule has 0 aromatic heterocycles. The Balaban J connectivity index is 2.00. The number of hydrogen-bond donors (Lipinski definition) is 0. The van der Waals surface area contributed by atoms with E-state index in [1.807, 2.05) is 0 Å². The van der Waals surface area contributed by atoms with Crippen LogP contribution in [0.15, 0.2) is 0 Å². The molecule has 2 heteroatoms. The molecule has 0 bridgehead atoms. The molecular weight excluding hydrogens is 140 g/mol. The van der Waals surface area contributed by atoms with Crippen LogP contribution in [0.25, 0.3) is 0 Å². The van der Waals surface area contributed by atoms with Crippen LogP contribution in [0, 0.1) is 0 Å². The molecule has 2 saturated heterocycles. The average Bonchev–Trinajstić information content (AvgIpc) is 2.37. The van der Waals surface area contributed by atoms with E-state index >= 15 is 0 Å². The van der Waals surface area contributed by atoms with Crippen molar-refractivity contribution in [3.05, 3.63) is 0 Å². The van der Waals surface area contributed by atoms with Crippen LogP contribution in [0.2, 0.25) is 0 Å². The largest absolute Gasteiger partial charge is 0.350 e. The number of rotatable bonds is 0. The van der Waals surface area contributed by atoms with E-state index in [-0.39, 0.29) is 5.79 Å². The van der Waals surface area contributed by atoms with Gasteiger partial charge in [-0.05, 0) is 26.2 Å². The van der Waals surface area contributed by atoms with Crippen molar-refractivity contribution in [3.8, 4) is 0 Å². The fourth-order valence-electron chi connectivity index (χ4n) is 2.11. The quantitative estimate of drug-likeness (QED) is 0.534. The zero-order valence-corrected chi connectivity index (χ0v) is 7.14. The predicted octanol–water partition coefficient (Wildman–Crippen LogP) is 2.08. The van der Waals surface area contributed by atoms with Crippen molar-refractivity contribution in [2.45, 2.75) is 50.9 Å². The van der Waals surface area contributed by atoms with Crippen molar-refractivity contribution in [1.82, 2.24) is 0 Å². The maximum absolute atomic E-state index is 5.81. The Morgan fingerprint density at radius 1 is 1.27 bits per heavy atom. The molecule has 2 fully saturated rings. The highest BCUT2D eigenvalue weighted by Crippen LogP contribution is 2.37. The highest BCUT2D eigenvalue weighted by atomic mass is 16.7. The molecule has 0 aliphatic carbocycles. The Morgan fingerprint density at radius 3 is 2.73 bits per heavy atom. The molecule has 1 spiro atoms. The minimum absolute atomic E-state index is 0.155. The zero-order chi connectivity index (χ0) is 7.73. The molecule has 0 N–H and O–H groups in total. The smallest absolute Gasteiger partial charge is 0.168 e. The molecule has 0 radical (unpaired) electrons. The molecule has 0 amide bonds. The third-order valence-electron chi connectivity index (χ3n) is 2.65. The molecule has 64 valence electrons. The Morgan fingerprint density at radius 2 is 2.09 bits per heavy atom. The maximum atomic E-state index is 5.81. The molecule has 2 heterocycles. The third kappa shape index (κ3) is 1.42. The summed E-state index contributed by atoms with van der Waals surface area (Å²) in [5.41, 5.74) is 0. The van der Waals surface area contributed by atoms with Gasteiger partial charge in [0.25, 0.3) is 0 Å². The number of hydrogen-bond acceptors (Lipinski definition) is 2. The summed E-state index contributed by atoms with van der Waals surface area (Å²) in [5, 5.41) is 0. The second-order valence-corrected chi connectivity index (χ2v) is 3.68. The second-order valence-electron chi connectivity index (χ2n) is 3.68. The minimum atomic E-state index is -0.155. The second kappa shape index (κ2) is 2.76. The van der Waals surface area contributed by atoms with Gasteiger partial charge in [0.2, 0.25) is 0 Å². The lowest BCUT2D eigenvalue weighted by Crippen LogP contribution is -2.38. The standard InChI is InChI=1S/C9H16O2/c1-8-4-2-5-9(11-8)6-3-7-10-9/h8H,2-7H2,1H3/t8-,9?/m0/s1. The first kappa shape index (κ1) is 7.56. The molecule has 0 saturated carbocycles. The first-order valence-electron chi connectivity index (χ1n) is 4.63.